The lowest BCUT2D eigenvalue weighted by atomic mass is 10.2. The number of hydrazone groups is 1. The van der Waals surface area contributed by atoms with Gasteiger partial charge in [0.25, 0.3) is 5.91 Å². The maximum Gasteiger partial charge on any atom is 0.271 e. The Labute approximate surface area is 121 Å². The molecule has 0 saturated carbocycles. The fraction of sp³-hybridized carbons (Fsp3) is 0.143. The molecular formula is C14H14ClN3O2. The summed E-state index contributed by atoms with van der Waals surface area (Å²) >= 11 is 5.75. The van der Waals surface area contributed by atoms with Crippen LogP contribution in [0, 0.1) is 0 Å². The van der Waals surface area contributed by atoms with E-state index >= 15 is 0 Å². The van der Waals surface area contributed by atoms with Crippen LogP contribution in [0.2, 0.25) is 5.02 Å². The Bertz CT molecular complexity index is 618. The molecule has 0 saturated heterocycles. The van der Waals surface area contributed by atoms with Gasteiger partial charge in [-0.3, -0.25) is 4.79 Å². The fourth-order valence-corrected chi connectivity index (χ4v) is 1.60. The van der Waals surface area contributed by atoms with Gasteiger partial charge in [-0.1, -0.05) is 11.6 Å². The lowest BCUT2D eigenvalue weighted by Crippen LogP contribution is -2.17. The molecule has 0 bridgehead atoms. The monoisotopic (exact) mass is 291 g/mol. The number of nitrogens with one attached hydrogen (secondary N) is 1. The second-order valence-corrected chi connectivity index (χ2v) is 4.71. The van der Waals surface area contributed by atoms with Gasteiger partial charge in [-0.15, -0.1) is 0 Å². The number of hydrogen-bond acceptors (Lipinski definition) is 4. The molecule has 0 unspecified atom stereocenters. The van der Waals surface area contributed by atoms with Crippen LogP contribution in [0.25, 0.3) is 0 Å². The van der Waals surface area contributed by atoms with Gasteiger partial charge in [0.05, 0.1) is 6.21 Å². The molecule has 0 atom stereocenters. The first-order valence-corrected chi connectivity index (χ1v) is 6.30. The van der Waals surface area contributed by atoms with Gasteiger partial charge < -0.3 is 9.32 Å². The van der Waals surface area contributed by atoms with Crippen molar-refractivity contribution in [3.8, 4) is 0 Å². The topological polar surface area (TPSA) is 57.8 Å². The van der Waals surface area contributed by atoms with E-state index < -0.39 is 0 Å². The molecule has 5 nitrogen and oxygen atoms in total. The molecule has 2 rings (SSSR count). The summed E-state index contributed by atoms with van der Waals surface area (Å²) in [6, 6.07) is 10.1. The van der Waals surface area contributed by atoms with Crippen molar-refractivity contribution in [3.63, 3.8) is 0 Å². The number of halogens is 1. The fourth-order valence-electron chi connectivity index (χ4n) is 1.47. The molecule has 0 aliphatic heterocycles. The van der Waals surface area contributed by atoms with Crippen molar-refractivity contribution in [1.82, 2.24) is 5.43 Å². The molecule has 1 heterocycles. The molecule has 2 aromatic rings. The summed E-state index contributed by atoms with van der Waals surface area (Å²) in [5.74, 6) is 0.970. The van der Waals surface area contributed by atoms with Gasteiger partial charge in [-0.2, -0.15) is 5.10 Å². The van der Waals surface area contributed by atoms with Crippen LogP contribution in [0.15, 0.2) is 45.9 Å². The van der Waals surface area contributed by atoms with E-state index in [1.807, 2.05) is 25.1 Å². The van der Waals surface area contributed by atoms with Crippen LogP contribution in [-0.4, -0.2) is 26.2 Å². The minimum Gasteiger partial charge on any atom is -0.440 e. The minimum absolute atomic E-state index is 0.308. The molecule has 0 aliphatic carbocycles. The zero-order valence-electron chi connectivity index (χ0n) is 11.1. The molecule has 6 heteroatoms. The zero-order valence-corrected chi connectivity index (χ0v) is 11.9. The maximum atomic E-state index is 11.8. The van der Waals surface area contributed by atoms with Crippen LogP contribution in [0.3, 0.4) is 0 Å². The Morgan fingerprint density at radius 3 is 2.55 bits per heavy atom. The number of benzene rings is 1. The number of carbonyl (C=O) groups excluding carboxylic acids is 1. The van der Waals surface area contributed by atoms with Crippen LogP contribution in [-0.2, 0) is 0 Å². The predicted octanol–water partition coefficient (Wildman–Crippen LogP) is 2.76. The first kappa shape index (κ1) is 14.1. The van der Waals surface area contributed by atoms with E-state index in [1.165, 1.54) is 6.21 Å². The highest BCUT2D eigenvalue weighted by Gasteiger charge is 2.04. The second kappa shape index (κ2) is 6.25. The Hall–Kier alpha value is -2.27. The van der Waals surface area contributed by atoms with Gasteiger partial charge in [0.1, 0.15) is 5.76 Å². The first-order valence-electron chi connectivity index (χ1n) is 5.92. The SMILES string of the molecule is CN(C)c1ccc(/C=N\NC(=O)c2ccc(Cl)cc2)o1. The van der Waals surface area contributed by atoms with Crippen LogP contribution in [0.4, 0.5) is 5.88 Å². The van der Waals surface area contributed by atoms with E-state index in [0.29, 0.717) is 16.3 Å². The molecule has 1 aromatic heterocycles. The number of hydrogen-bond donors (Lipinski definition) is 1. The highest BCUT2D eigenvalue weighted by atomic mass is 35.5. The van der Waals surface area contributed by atoms with E-state index in [2.05, 4.69) is 10.5 Å². The molecule has 20 heavy (non-hydrogen) atoms. The largest absolute Gasteiger partial charge is 0.440 e. The first-order chi connectivity index (χ1) is 9.56. The molecular weight excluding hydrogens is 278 g/mol. The third-order valence-electron chi connectivity index (χ3n) is 2.52. The van der Waals surface area contributed by atoms with Gasteiger partial charge in [-0.25, -0.2) is 5.43 Å². The van der Waals surface area contributed by atoms with Gasteiger partial charge >= 0.3 is 0 Å². The van der Waals surface area contributed by atoms with Crippen LogP contribution in [0.1, 0.15) is 16.1 Å². The van der Waals surface area contributed by atoms with Crippen molar-refractivity contribution in [2.45, 2.75) is 0 Å². The number of carbonyl (C=O) groups is 1. The molecule has 104 valence electrons. The standard InChI is InChI=1S/C14H14ClN3O2/c1-18(2)13-8-7-12(20-13)9-16-17-14(19)10-3-5-11(15)6-4-10/h3-9H,1-2H3,(H,17,19)/b16-9-. The number of nitrogens with zero attached hydrogens (tertiary/aromatic N) is 2. The van der Waals surface area contributed by atoms with E-state index in [0.717, 1.165) is 5.88 Å². The molecule has 1 N–H and O–H groups in total. The average molecular weight is 292 g/mol. The lowest BCUT2D eigenvalue weighted by Gasteiger charge is -2.05. The third-order valence-corrected chi connectivity index (χ3v) is 2.77. The van der Waals surface area contributed by atoms with E-state index in [4.69, 9.17) is 16.0 Å². The molecule has 0 spiro atoms. The summed E-state index contributed by atoms with van der Waals surface area (Å²) in [5, 5.41) is 4.42. The van der Waals surface area contributed by atoms with Crippen molar-refractivity contribution in [3.05, 3.63) is 52.7 Å². The van der Waals surface area contributed by atoms with E-state index in [1.54, 1.807) is 30.3 Å². The summed E-state index contributed by atoms with van der Waals surface area (Å²) in [4.78, 5) is 13.6. The van der Waals surface area contributed by atoms with Crippen molar-refractivity contribution in [2.75, 3.05) is 19.0 Å². The van der Waals surface area contributed by atoms with Crippen LogP contribution < -0.4 is 10.3 Å². The Morgan fingerprint density at radius 1 is 1.25 bits per heavy atom. The zero-order chi connectivity index (χ0) is 14.5. The normalized spacial score (nSPS) is 10.8. The van der Waals surface area contributed by atoms with Gasteiger partial charge in [0.15, 0.2) is 5.88 Å². The Morgan fingerprint density at radius 2 is 1.95 bits per heavy atom. The summed E-state index contributed by atoms with van der Waals surface area (Å²) in [6.07, 6.45) is 1.45. The van der Waals surface area contributed by atoms with Crippen molar-refractivity contribution in [1.29, 1.82) is 0 Å². The number of furan rings is 1. The summed E-state index contributed by atoms with van der Waals surface area (Å²) in [5.41, 5.74) is 2.91. The molecule has 0 fully saturated rings. The smallest absolute Gasteiger partial charge is 0.271 e. The highest BCUT2D eigenvalue weighted by molar-refractivity contribution is 6.30. The van der Waals surface area contributed by atoms with Gasteiger partial charge in [0, 0.05) is 30.7 Å². The van der Waals surface area contributed by atoms with Crippen molar-refractivity contribution < 1.29 is 9.21 Å². The quantitative estimate of drug-likeness (QED) is 0.696. The van der Waals surface area contributed by atoms with E-state index in [9.17, 15) is 4.79 Å². The number of anilines is 1. The average Bonchev–Trinajstić information content (AvgIpc) is 2.88. The second-order valence-electron chi connectivity index (χ2n) is 4.28. The van der Waals surface area contributed by atoms with Crippen molar-refractivity contribution in [2.24, 2.45) is 5.10 Å². The van der Waals surface area contributed by atoms with Crippen LogP contribution >= 0.6 is 11.6 Å². The maximum absolute atomic E-state index is 11.8. The Kier molecular flexibility index (Phi) is 4.42. The molecule has 0 radical (unpaired) electrons. The van der Waals surface area contributed by atoms with E-state index in [-0.39, 0.29) is 5.91 Å². The Balaban J connectivity index is 1.95. The number of rotatable bonds is 4. The van der Waals surface area contributed by atoms with Gasteiger partial charge in [-0.05, 0) is 30.3 Å². The van der Waals surface area contributed by atoms with Crippen LogP contribution in [0.5, 0.6) is 0 Å². The van der Waals surface area contributed by atoms with Crippen molar-refractivity contribution >= 4 is 29.6 Å². The predicted molar refractivity (Wildman–Crippen MR) is 79.5 cm³/mol. The molecule has 1 aromatic carbocycles. The third kappa shape index (κ3) is 3.61. The minimum atomic E-state index is -0.308. The highest BCUT2D eigenvalue weighted by Crippen LogP contribution is 2.14. The number of amides is 1. The molecule has 0 aliphatic rings. The summed E-state index contributed by atoms with van der Waals surface area (Å²) < 4.78 is 5.46. The summed E-state index contributed by atoms with van der Waals surface area (Å²) in [7, 11) is 3.75. The lowest BCUT2D eigenvalue weighted by molar-refractivity contribution is 0.0955. The summed E-state index contributed by atoms with van der Waals surface area (Å²) in [6.45, 7) is 0. The van der Waals surface area contributed by atoms with Gasteiger partial charge in [0.2, 0.25) is 0 Å². The molecule has 1 amide bonds.